The summed E-state index contributed by atoms with van der Waals surface area (Å²) >= 11 is 11.6. The largest absolute Gasteiger partial charge is 0.329 e. The maximum Gasteiger partial charge on any atom is 0.230 e. The van der Waals surface area contributed by atoms with Crippen molar-refractivity contribution >= 4 is 35.9 Å². The summed E-state index contributed by atoms with van der Waals surface area (Å²) < 4.78 is 16.6. The van der Waals surface area contributed by atoms with Crippen molar-refractivity contribution in [3.63, 3.8) is 0 Å². The summed E-state index contributed by atoms with van der Waals surface area (Å²) in [4.78, 5) is 0. The van der Waals surface area contributed by atoms with Crippen molar-refractivity contribution in [1.29, 1.82) is 0 Å². The van der Waals surface area contributed by atoms with Crippen molar-refractivity contribution in [2.75, 3.05) is 13.8 Å². The molecule has 1 aromatic rings. The number of rotatable bonds is 2. The minimum Gasteiger partial charge on any atom is -0.329 e. The molecule has 1 unspecified atom stereocenters. The second-order valence-electron chi connectivity index (χ2n) is 2.62. The van der Waals surface area contributed by atoms with Gasteiger partial charge in [0.2, 0.25) is 7.37 Å². The van der Waals surface area contributed by atoms with E-state index >= 15 is 0 Å². The molecule has 72 valence electrons. The predicted octanol–water partition coefficient (Wildman–Crippen LogP) is 3.17. The summed E-state index contributed by atoms with van der Waals surface area (Å²) in [7, 11) is -1.38. The van der Waals surface area contributed by atoms with E-state index in [1.807, 2.05) is 0 Å². The Hall–Kier alpha value is -0.0100. The van der Waals surface area contributed by atoms with E-state index in [2.05, 4.69) is 0 Å². The van der Waals surface area contributed by atoms with E-state index in [0.717, 1.165) is 0 Å². The molecule has 0 aromatic heterocycles. The van der Waals surface area contributed by atoms with Gasteiger partial charge in [0.05, 0.1) is 10.3 Å². The molecule has 0 bridgehead atoms. The smallest absolute Gasteiger partial charge is 0.230 e. The van der Waals surface area contributed by atoms with Crippen molar-refractivity contribution in [3.05, 3.63) is 28.2 Å². The van der Waals surface area contributed by atoms with Crippen LogP contribution in [0.1, 0.15) is 0 Å². The van der Waals surface area contributed by atoms with E-state index in [1.54, 1.807) is 18.2 Å². The zero-order chi connectivity index (χ0) is 10.1. The van der Waals surface area contributed by atoms with Crippen LogP contribution in [0.3, 0.4) is 0 Å². The van der Waals surface area contributed by atoms with Crippen LogP contribution >= 0.6 is 30.6 Å². The molecule has 0 amide bonds. The molecular weight excluding hydrogens is 230 g/mol. The van der Waals surface area contributed by atoms with E-state index in [4.69, 9.17) is 27.7 Å². The van der Waals surface area contributed by atoms with Crippen molar-refractivity contribution in [2.24, 2.45) is 0 Å². The number of halogens is 2. The fraction of sp³-hybridized carbons (Fsp3) is 0.250. The molecule has 0 aliphatic carbocycles. The van der Waals surface area contributed by atoms with Gasteiger partial charge >= 0.3 is 0 Å². The van der Waals surface area contributed by atoms with E-state index in [9.17, 15) is 4.57 Å². The molecule has 2 nitrogen and oxygen atoms in total. The van der Waals surface area contributed by atoms with Gasteiger partial charge in [0.15, 0.2) is 0 Å². The third-order valence-electron chi connectivity index (χ3n) is 1.70. The molecular formula is C8H9Cl2O2P. The van der Waals surface area contributed by atoms with Gasteiger partial charge in [0.1, 0.15) is 0 Å². The minimum atomic E-state index is -2.77. The number of hydrogen-bond acceptors (Lipinski definition) is 2. The fourth-order valence-corrected chi connectivity index (χ4v) is 2.77. The van der Waals surface area contributed by atoms with Crippen LogP contribution in [-0.4, -0.2) is 13.8 Å². The Bertz CT molecular complexity index is 365. The van der Waals surface area contributed by atoms with Gasteiger partial charge in [0, 0.05) is 18.8 Å². The van der Waals surface area contributed by atoms with Crippen molar-refractivity contribution in [3.8, 4) is 0 Å². The lowest BCUT2D eigenvalue weighted by atomic mass is 10.4. The molecule has 1 rings (SSSR count). The highest BCUT2D eigenvalue weighted by atomic mass is 35.5. The van der Waals surface area contributed by atoms with Gasteiger partial charge in [0.25, 0.3) is 0 Å². The van der Waals surface area contributed by atoms with Crippen LogP contribution in [0.25, 0.3) is 0 Å². The van der Waals surface area contributed by atoms with Crippen LogP contribution in [0.4, 0.5) is 0 Å². The summed E-state index contributed by atoms with van der Waals surface area (Å²) in [6, 6.07) is 4.81. The number of hydrogen-bond donors (Lipinski definition) is 0. The number of benzene rings is 1. The van der Waals surface area contributed by atoms with Crippen molar-refractivity contribution < 1.29 is 9.09 Å². The zero-order valence-electron chi connectivity index (χ0n) is 7.25. The van der Waals surface area contributed by atoms with Crippen LogP contribution in [0.5, 0.6) is 0 Å². The first-order valence-corrected chi connectivity index (χ1v) is 6.39. The molecule has 0 fully saturated rings. The zero-order valence-corrected chi connectivity index (χ0v) is 9.66. The first-order chi connectivity index (χ1) is 5.97. The Labute approximate surface area is 87.3 Å². The van der Waals surface area contributed by atoms with Gasteiger partial charge in [-0.25, -0.2) is 0 Å². The minimum absolute atomic E-state index is 0.375. The summed E-state index contributed by atoms with van der Waals surface area (Å²) in [5, 5.41) is 1.39. The van der Waals surface area contributed by atoms with Crippen LogP contribution in [0.2, 0.25) is 10.0 Å². The van der Waals surface area contributed by atoms with E-state index in [-0.39, 0.29) is 0 Å². The van der Waals surface area contributed by atoms with Gasteiger partial charge in [-0.2, -0.15) is 0 Å². The third kappa shape index (κ3) is 2.47. The predicted molar refractivity (Wildman–Crippen MR) is 56.6 cm³/mol. The highest BCUT2D eigenvalue weighted by molar-refractivity contribution is 7.66. The summed E-state index contributed by atoms with van der Waals surface area (Å²) in [6.45, 7) is 1.52. The normalized spacial score (nSPS) is 15.4. The Morgan fingerprint density at radius 2 is 2.00 bits per heavy atom. The standard InChI is InChI=1S/C8H9Cl2O2P/c1-12-13(2,11)8-4-3-6(9)5-7(8)10/h3-5H,1-2H3. The molecule has 1 atom stereocenters. The Kier molecular flexibility index (Phi) is 3.42. The highest BCUT2D eigenvalue weighted by Crippen LogP contribution is 2.42. The van der Waals surface area contributed by atoms with Crippen molar-refractivity contribution in [2.45, 2.75) is 0 Å². The van der Waals surface area contributed by atoms with E-state index in [0.29, 0.717) is 15.3 Å². The van der Waals surface area contributed by atoms with Crippen LogP contribution < -0.4 is 5.30 Å². The maximum atomic E-state index is 11.8. The van der Waals surface area contributed by atoms with E-state index < -0.39 is 7.37 Å². The lowest BCUT2D eigenvalue weighted by molar-refractivity contribution is 0.408. The highest BCUT2D eigenvalue weighted by Gasteiger charge is 2.20. The molecule has 1 aromatic carbocycles. The summed E-state index contributed by atoms with van der Waals surface area (Å²) in [5.41, 5.74) is 0. The molecule has 0 aliphatic heterocycles. The topological polar surface area (TPSA) is 26.3 Å². The average molecular weight is 239 g/mol. The quantitative estimate of drug-likeness (QED) is 0.741. The third-order valence-corrected chi connectivity index (χ3v) is 4.34. The Morgan fingerprint density at radius 3 is 2.46 bits per heavy atom. The van der Waals surface area contributed by atoms with Gasteiger partial charge in [-0.1, -0.05) is 23.2 Å². The Balaban J connectivity index is 3.24. The molecule has 5 heteroatoms. The average Bonchev–Trinajstić information content (AvgIpc) is 2.03. The molecule has 13 heavy (non-hydrogen) atoms. The van der Waals surface area contributed by atoms with Gasteiger partial charge in [-0.15, -0.1) is 0 Å². The molecule has 0 radical (unpaired) electrons. The molecule has 0 saturated heterocycles. The lowest BCUT2D eigenvalue weighted by Crippen LogP contribution is -2.06. The van der Waals surface area contributed by atoms with Gasteiger partial charge in [-0.3, -0.25) is 4.57 Å². The SMILES string of the molecule is COP(C)(=O)c1ccc(Cl)cc1Cl. The Morgan fingerprint density at radius 1 is 1.38 bits per heavy atom. The molecule has 0 heterocycles. The first-order valence-electron chi connectivity index (χ1n) is 3.56. The van der Waals surface area contributed by atoms with Crippen molar-refractivity contribution in [1.82, 2.24) is 0 Å². The molecule has 0 spiro atoms. The molecule has 0 aliphatic rings. The lowest BCUT2D eigenvalue weighted by Gasteiger charge is -2.12. The van der Waals surface area contributed by atoms with Gasteiger partial charge < -0.3 is 4.52 Å². The van der Waals surface area contributed by atoms with Crippen LogP contribution in [0.15, 0.2) is 18.2 Å². The van der Waals surface area contributed by atoms with E-state index in [1.165, 1.54) is 13.8 Å². The first kappa shape index (κ1) is 11.1. The molecule has 0 N–H and O–H groups in total. The maximum absolute atomic E-state index is 11.8. The summed E-state index contributed by atoms with van der Waals surface area (Å²) in [6.07, 6.45) is 0. The second kappa shape index (κ2) is 4.02. The fourth-order valence-electron chi connectivity index (χ4n) is 0.909. The van der Waals surface area contributed by atoms with Crippen LogP contribution in [-0.2, 0) is 9.09 Å². The molecule has 0 saturated carbocycles. The van der Waals surface area contributed by atoms with Gasteiger partial charge in [-0.05, 0) is 18.2 Å². The second-order valence-corrected chi connectivity index (χ2v) is 6.01. The monoisotopic (exact) mass is 238 g/mol. The van der Waals surface area contributed by atoms with Crippen LogP contribution in [0, 0.1) is 0 Å². The summed E-state index contributed by atoms with van der Waals surface area (Å²) in [5.74, 6) is 0.